The molecule has 0 fully saturated rings. The predicted octanol–water partition coefficient (Wildman–Crippen LogP) is 4.00. The van der Waals surface area contributed by atoms with Gasteiger partial charge in [-0.15, -0.1) is 0 Å². The van der Waals surface area contributed by atoms with Gasteiger partial charge in [0.25, 0.3) is 5.91 Å². The number of methoxy groups -OCH3 is 1. The molecule has 0 unspecified atom stereocenters. The van der Waals surface area contributed by atoms with Crippen molar-refractivity contribution in [3.05, 3.63) is 64.1 Å². The van der Waals surface area contributed by atoms with Crippen molar-refractivity contribution in [1.29, 1.82) is 5.26 Å². The number of carbonyl (C=O) groups is 1. The molecule has 110 valence electrons. The van der Waals surface area contributed by atoms with Crippen molar-refractivity contribution < 1.29 is 9.53 Å². The second kappa shape index (κ2) is 7.43. The van der Waals surface area contributed by atoms with Crippen molar-refractivity contribution in [1.82, 2.24) is 0 Å². The Kier molecular flexibility index (Phi) is 5.34. The monoisotopic (exact) mass is 356 g/mol. The summed E-state index contributed by atoms with van der Waals surface area (Å²) in [4.78, 5) is 12.2. The Bertz CT molecular complexity index is 763. The number of carbonyl (C=O) groups excluding carboxylic acids is 1. The van der Waals surface area contributed by atoms with E-state index >= 15 is 0 Å². The first-order chi connectivity index (χ1) is 10.6. The number of amides is 1. The molecule has 1 N–H and O–H groups in total. The van der Waals surface area contributed by atoms with Crippen molar-refractivity contribution in [2.45, 2.75) is 0 Å². The van der Waals surface area contributed by atoms with Crippen molar-refractivity contribution in [3.8, 4) is 11.8 Å². The molecule has 2 aromatic carbocycles. The van der Waals surface area contributed by atoms with E-state index in [1.165, 1.54) is 0 Å². The Labute approximate surface area is 137 Å². The Morgan fingerprint density at radius 2 is 2.05 bits per heavy atom. The van der Waals surface area contributed by atoms with Gasteiger partial charge in [-0.1, -0.05) is 34.1 Å². The number of rotatable bonds is 4. The number of anilines is 1. The summed E-state index contributed by atoms with van der Waals surface area (Å²) in [7, 11) is 1.55. The van der Waals surface area contributed by atoms with Gasteiger partial charge in [-0.25, -0.2) is 0 Å². The molecule has 0 saturated heterocycles. The minimum absolute atomic E-state index is 0.0286. The molecule has 1 amide bonds. The maximum atomic E-state index is 12.2. The maximum absolute atomic E-state index is 12.2. The normalized spacial score (nSPS) is 10.7. The summed E-state index contributed by atoms with van der Waals surface area (Å²) in [5, 5.41) is 11.9. The van der Waals surface area contributed by atoms with Gasteiger partial charge in [0.05, 0.1) is 7.11 Å². The summed E-state index contributed by atoms with van der Waals surface area (Å²) >= 11 is 3.35. The van der Waals surface area contributed by atoms with E-state index in [0.29, 0.717) is 11.4 Å². The van der Waals surface area contributed by atoms with E-state index in [-0.39, 0.29) is 5.57 Å². The van der Waals surface area contributed by atoms with Crippen LogP contribution in [0.15, 0.2) is 58.6 Å². The first-order valence-corrected chi connectivity index (χ1v) is 7.24. The molecule has 5 heteroatoms. The van der Waals surface area contributed by atoms with E-state index in [2.05, 4.69) is 21.2 Å². The topological polar surface area (TPSA) is 62.1 Å². The Morgan fingerprint density at radius 3 is 2.73 bits per heavy atom. The van der Waals surface area contributed by atoms with E-state index in [4.69, 9.17) is 4.74 Å². The molecule has 22 heavy (non-hydrogen) atoms. The second-order valence-electron chi connectivity index (χ2n) is 4.41. The molecular weight excluding hydrogens is 344 g/mol. The van der Waals surface area contributed by atoms with Gasteiger partial charge in [0, 0.05) is 16.2 Å². The van der Waals surface area contributed by atoms with Crippen LogP contribution in [-0.2, 0) is 4.79 Å². The number of ether oxygens (including phenoxy) is 1. The Morgan fingerprint density at radius 1 is 1.27 bits per heavy atom. The van der Waals surface area contributed by atoms with E-state index in [0.717, 1.165) is 10.0 Å². The summed E-state index contributed by atoms with van der Waals surface area (Å²) in [6, 6.07) is 16.2. The quantitative estimate of drug-likeness (QED) is 0.665. The highest BCUT2D eigenvalue weighted by Crippen LogP contribution is 2.18. The van der Waals surface area contributed by atoms with E-state index in [1.54, 1.807) is 37.5 Å². The molecule has 4 nitrogen and oxygen atoms in total. The maximum Gasteiger partial charge on any atom is 0.266 e. The SMILES string of the molecule is COc1cccc(NC(=O)/C(C#N)=C/c2cccc(Br)c2)c1. The average Bonchev–Trinajstić information content (AvgIpc) is 2.52. The highest BCUT2D eigenvalue weighted by molar-refractivity contribution is 9.10. The molecule has 2 rings (SSSR count). The fourth-order valence-corrected chi connectivity index (χ4v) is 2.23. The zero-order chi connectivity index (χ0) is 15.9. The second-order valence-corrected chi connectivity index (χ2v) is 5.33. The third-order valence-corrected chi connectivity index (χ3v) is 3.35. The van der Waals surface area contributed by atoms with Crippen LogP contribution in [0.4, 0.5) is 5.69 Å². The van der Waals surface area contributed by atoms with Crippen LogP contribution < -0.4 is 10.1 Å². The minimum atomic E-state index is -0.462. The van der Waals surface area contributed by atoms with Gasteiger partial charge < -0.3 is 10.1 Å². The lowest BCUT2D eigenvalue weighted by Gasteiger charge is -2.06. The molecule has 0 heterocycles. The number of hydrogen-bond acceptors (Lipinski definition) is 3. The number of nitriles is 1. The summed E-state index contributed by atoms with van der Waals surface area (Å²) in [6.45, 7) is 0. The van der Waals surface area contributed by atoms with E-state index < -0.39 is 5.91 Å². The third-order valence-electron chi connectivity index (χ3n) is 2.85. The zero-order valence-corrected chi connectivity index (χ0v) is 13.4. The number of benzene rings is 2. The van der Waals surface area contributed by atoms with E-state index in [1.807, 2.05) is 30.3 Å². The van der Waals surface area contributed by atoms with Crippen LogP contribution in [0, 0.1) is 11.3 Å². The number of nitrogens with zero attached hydrogens (tertiary/aromatic N) is 1. The first kappa shape index (κ1) is 15.8. The van der Waals surface area contributed by atoms with Gasteiger partial charge in [0.1, 0.15) is 17.4 Å². The lowest BCUT2D eigenvalue weighted by Crippen LogP contribution is -2.13. The van der Waals surface area contributed by atoms with Crippen LogP contribution >= 0.6 is 15.9 Å². The lowest BCUT2D eigenvalue weighted by atomic mass is 10.1. The number of nitrogens with one attached hydrogen (secondary N) is 1. The lowest BCUT2D eigenvalue weighted by molar-refractivity contribution is -0.112. The summed E-state index contributed by atoms with van der Waals surface area (Å²) in [6.07, 6.45) is 1.54. The molecular formula is C17H13BrN2O2. The average molecular weight is 357 g/mol. The third kappa shape index (κ3) is 4.21. The predicted molar refractivity (Wildman–Crippen MR) is 89.4 cm³/mol. The van der Waals surface area contributed by atoms with Gasteiger partial charge in [-0.05, 0) is 35.9 Å². The van der Waals surface area contributed by atoms with Crippen molar-refractivity contribution in [2.24, 2.45) is 0 Å². The summed E-state index contributed by atoms with van der Waals surface area (Å²) in [5.41, 5.74) is 1.37. The van der Waals surface area contributed by atoms with Crippen molar-refractivity contribution >= 4 is 33.6 Å². The summed E-state index contributed by atoms with van der Waals surface area (Å²) < 4.78 is 5.98. The standard InChI is InChI=1S/C17H13BrN2O2/c1-22-16-7-3-6-15(10-16)20-17(21)13(11-19)8-12-4-2-5-14(18)9-12/h2-10H,1H3,(H,20,21)/b13-8+. The smallest absolute Gasteiger partial charge is 0.266 e. The van der Waals surface area contributed by atoms with Gasteiger partial charge in [-0.3, -0.25) is 4.79 Å². The molecule has 2 aromatic rings. The molecule has 0 aliphatic heterocycles. The zero-order valence-electron chi connectivity index (χ0n) is 11.8. The fourth-order valence-electron chi connectivity index (χ4n) is 1.81. The molecule has 0 saturated carbocycles. The van der Waals surface area contributed by atoms with Crippen LogP contribution in [0.5, 0.6) is 5.75 Å². The fraction of sp³-hybridized carbons (Fsp3) is 0.0588. The van der Waals surface area contributed by atoms with Crippen LogP contribution in [0.25, 0.3) is 6.08 Å². The largest absolute Gasteiger partial charge is 0.497 e. The van der Waals surface area contributed by atoms with E-state index in [9.17, 15) is 10.1 Å². The molecule has 0 spiro atoms. The van der Waals surface area contributed by atoms with Crippen LogP contribution in [0.1, 0.15) is 5.56 Å². The Balaban J connectivity index is 2.20. The Hall–Kier alpha value is -2.58. The number of hydrogen-bond donors (Lipinski definition) is 1. The highest BCUT2D eigenvalue weighted by Gasteiger charge is 2.10. The molecule has 0 radical (unpaired) electrons. The number of halogens is 1. The molecule has 0 aromatic heterocycles. The summed E-state index contributed by atoms with van der Waals surface area (Å²) in [5.74, 6) is 0.169. The molecule has 0 aliphatic carbocycles. The van der Waals surface area contributed by atoms with Gasteiger partial charge in [-0.2, -0.15) is 5.26 Å². The van der Waals surface area contributed by atoms with Gasteiger partial charge >= 0.3 is 0 Å². The first-order valence-electron chi connectivity index (χ1n) is 6.45. The molecule has 0 bridgehead atoms. The minimum Gasteiger partial charge on any atom is -0.497 e. The molecule has 0 atom stereocenters. The van der Waals surface area contributed by atoms with Crippen LogP contribution in [0.2, 0.25) is 0 Å². The van der Waals surface area contributed by atoms with Gasteiger partial charge in [0.15, 0.2) is 0 Å². The van der Waals surface area contributed by atoms with Gasteiger partial charge in [0.2, 0.25) is 0 Å². The molecule has 0 aliphatic rings. The van der Waals surface area contributed by atoms with Crippen molar-refractivity contribution in [3.63, 3.8) is 0 Å². The highest BCUT2D eigenvalue weighted by atomic mass is 79.9. The van der Waals surface area contributed by atoms with Crippen LogP contribution in [0.3, 0.4) is 0 Å². The van der Waals surface area contributed by atoms with Crippen molar-refractivity contribution in [2.75, 3.05) is 12.4 Å². The van der Waals surface area contributed by atoms with Crippen LogP contribution in [-0.4, -0.2) is 13.0 Å².